The summed E-state index contributed by atoms with van der Waals surface area (Å²) in [6.45, 7) is 3.60. The van der Waals surface area contributed by atoms with Crippen LogP contribution in [0.4, 0.5) is 0 Å². The molecule has 4 nitrogen and oxygen atoms in total. The van der Waals surface area contributed by atoms with E-state index in [1.54, 1.807) is 18.2 Å². The number of aliphatic hydroxyl groups excluding tert-OH is 1. The van der Waals surface area contributed by atoms with Gasteiger partial charge in [0.05, 0.1) is 22.7 Å². The maximum absolute atomic E-state index is 11.6. The first-order chi connectivity index (χ1) is 8.93. The molecule has 19 heavy (non-hydrogen) atoms. The Bertz CT molecular complexity index is 438. The first-order valence-electron chi connectivity index (χ1n) is 5.92. The third-order valence-electron chi connectivity index (χ3n) is 2.61. The third kappa shape index (κ3) is 5.27. The molecule has 0 aliphatic rings. The molecule has 0 spiro atoms. The van der Waals surface area contributed by atoms with E-state index < -0.39 is 0 Å². The summed E-state index contributed by atoms with van der Waals surface area (Å²) in [5, 5.41) is 12.6. The molecule has 1 rings (SSSR count). The summed E-state index contributed by atoms with van der Waals surface area (Å²) in [7, 11) is 0. The minimum Gasteiger partial charge on any atom is -0.484 e. The third-order valence-corrected chi connectivity index (χ3v) is 3.35. The van der Waals surface area contributed by atoms with Crippen LogP contribution in [-0.4, -0.2) is 30.3 Å². The Labute approximate surface area is 122 Å². The number of ether oxygens (including phenoxy) is 1. The van der Waals surface area contributed by atoms with Crippen LogP contribution >= 0.6 is 23.2 Å². The summed E-state index contributed by atoms with van der Waals surface area (Å²) in [4.78, 5) is 11.6. The largest absolute Gasteiger partial charge is 0.484 e. The second-order valence-electron chi connectivity index (χ2n) is 4.47. The maximum Gasteiger partial charge on any atom is 0.258 e. The molecular weight excluding hydrogens is 289 g/mol. The minimum absolute atomic E-state index is 0.101. The summed E-state index contributed by atoms with van der Waals surface area (Å²) < 4.78 is 5.29. The zero-order valence-corrected chi connectivity index (χ0v) is 12.3. The maximum atomic E-state index is 11.6. The lowest BCUT2D eigenvalue weighted by molar-refractivity contribution is -0.124. The van der Waals surface area contributed by atoms with Crippen molar-refractivity contribution in [2.75, 3.05) is 13.2 Å². The quantitative estimate of drug-likeness (QED) is 0.849. The number of rotatable bonds is 6. The highest BCUT2D eigenvalue weighted by Gasteiger charge is 2.15. The lowest BCUT2D eigenvalue weighted by Gasteiger charge is -2.19. The summed E-state index contributed by atoms with van der Waals surface area (Å²) >= 11 is 11.6. The molecule has 1 aromatic rings. The van der Waals surface area contributed by atoms with E-state index in [1.165, 1.54) is 0 Å². The molecule has 1 atom stereocenters. The van der Waals surface area contributed by atoms with E-state index in [0.717, 1.165) is 0 Å². The first kappa shape index (κ1) is 16.1. The molecule has 0 heterocycles. The number of aliphatic hydroxyl groups is 1. The number of amides is 1. The van der Waals surface area contributed by atoms with Crippen LogP contribution in [0.5, 0.6) is 5.75 Å². The van der Waals surface area contributed by atoms with Crippen LogP contribution in [-0.2, 0) is 4.79 Å². The van der Waals surface area contributed by atoms with Crippen LogP contribution in [0.15, 0.2) is 18.2 Å². The molecule has 0 saturated heterocycles. The molecule has 0 radical (unpaired) electrons. The Balaban J connectivity index is 2.47. The van der Waals surface area contributed by atoms with Crippen molar-refractivity contribution in [3.63, 3.8) is 0 Å². The number of nitrogens with one attached hydrogen (secondary N) is 1. The van der Waals surface area contributed by atoms with E-state index in [2.05, 4.69) is 5.32 Å². The molecule has 2 N–H and O–H groups in total. The monoisotopic (exact) mass is 305 g/mol. The molecule has 106 valence electrons. The van der Waals surface area contributed by atoms with Crippen LogP contribution in [0.25, 0.3) is 0 Å². The summed E-state index contributed by atoms with van der Waals surface area (Å²) in [6, 6.07) is 4.50. The number of halogens is 2. The SMILES string of the molecule is CC(C)C(CO)NC(=O)COc1ccc(Cl)c(Cl)c1. The van der Waals surface area contributed by atoms with E-state index in [4.69, 9.17) is 33.0 Å². The van der Waals surface area contributed by atoms with Gasteiger partial charge < -0.3 is 15.2 Å². The topological polar surface area (TPSA) is 58.6 Å². The van der Waals surface area contributed by atoms with Gasteiger partial charge in [0, 0.05) is 6.07 Å². The molecule has 0 aromatic heterocycles. The van der Waals surface area contributed by atoms with Gasteiger partial charge in [-0.3, -0.25) is 4.79 Å². The molecule has 1 unspecified atom stereocenters. The van der Waals surface area contributed by atoms with Crippen LogP contribution in [0.3, 0.4) is 0 Å². The van der Waals surface area contributed by atoms with E-state index in [1.807, 2.05) is 13.8 Å². The normalized spacial score (nSPS) is 12.3. The van der Waals surface area contributed by atoms with Gasteiger partial charge >= 0.3 is 0 Å². The standard InChI is InChI=1S/C13H17Cl2NO3/c1-8(2)12(6-17)16-13(18)7-19-9-3-4-10(14)11(15)5-9/h3-5,8,12,17H,6-7H2,1-2H3,(H,16,18). The average molecular weight is 306 g/mol. The van der Waals surface area contributed by atoms with Crippen molar-refractivity contribution >= 4 is 29.1 Å². The van der Waals surface area contributed by atoms with Gasteiger partial charge in [0.15, 0.2) is 6.61 Å². The van der Waals surface area contributed by atoms with Crippen LogP contribution in [0, 0.1) is 5.92 Å². The molecule has 1 amide bonds. The second kappa shape index (κ2) is 7.58. The van der Waals surface area contributed by atoms with Crippen molar-refractivity contribution in [3.05, 3.63) is 28.2 Å². The van der Waals surface area contributed by atoms with Crippen molar-refractivity contribution in [3.8, 4) is 5.75 Å². The zero-order valence-electron chi connectivity index (χ0n) is 10.8. The van der Waals surface area contributed by atoms with Crippen LogP contribution in [0.1, 0.15) is 13.8 Å². The van der Waals surface area contributed by atoms with E-state index in [-0.39, 0.29) is 31.1 Å². The van der Waals surface area contributed by atoms with Gasteiger partial charge in [-0.1, -0.05) is 37.0 Å². The van der Waals surface area contributed by atoms with E-state index in [9.17, 15) is 4.79 Å². The lowest BCUT2D eigenvalue weighted by Crippen LogP contribution is -2.43. The van der Waals surface area contributed by atoms with Crippen molar-refractivity contribution < 1.29 is 14.6 Å². The fourth-order valence-electron chi connectivity index (χ4n) is 1.39. The summed E-state index contributed by atoms with van der Waals surface area (Å²) in [5.74, 6) is 0.326. The van der Waals surface area contributed by atoms with E-state index in [0.29, 0.717) is 15.8 Å². The van der Waals surface area contributed by atoms with E-state index >= 15 is 0 Å². The van der Waals surface area contributed by atoms with Crippen molar-refractivity contribution in [1.82, 2.24) is 5.32 Å². The molecule has 6 heteroatoms. The average Bonchev–Trinajstić information content (AvgIpc) is 2.37. The van der Waals surface area contributed by atoms with Gasteiger partial charge in [0.1, 0.15) is 5.75 Å². The number of benzene rings is 1. The smallest absolute Gasteiger partial charge is 0.258 e. The number of hydrogen-bond donors (Lipinski definition) is 2. The van der Waals surface area contributed by atoms with Crippen LogP contribution < -0.4 is 10.1 Å². The summed E-state index contributed by atoms with van der Waals surface area (Å²) in [6.07, 6.45) is 0. The number of carbonyl (C=O) groups is 1. The predicted octanol–water partition coefficient (Wildman–Crippen LogP) is 2.51. The number of hydrogen-bond acceptors (Lipinski definition) is 3. The highest BCUT2D eigenvalue weighted by molar-refractivity contribution is 6.42. The molecule has 0 bridgehead atoms. The van der Waals surface area contributed by atoms with Gasteiger partial charge in [-0.15, -0.1) is 0 Å². The minimum atomic E-state index is -0.293. The highest BCUT2D eigenvalue weighted by atomic mass is 35.5. The zero-order chi connectivity index (χ0) is 14.4. The Morgan fingerprint density at radius 3 is 2.58 bits per heavy atom. The van der Waals surface area contributed by atoms with Gasteiger partial charge in [-0.05, 0) is 18.1 Å². The summed E-state index contributed by atoms with van der Waals surface area (Å²) in [5.41, 5.74) is 0. The Kier molecular flexibility index (Phi) is 6.42. The fourth-order valence-corrected chi connectivity index (χ4v) is 1.68. The lowest BCUT2D eigenvalue weighted by atomic mass is 10.1. The van der Waals surface area contributed by atoms with Crippen molar-refractivity contribution in [1.29, 1.82) is 0 Å². The number of carbonyl (C=O) groups excluding carboxylic acids is 1. The highest BCUT2D eigenvalue weighted by Crippen LogP contribution is 2.26. The van der Waals surface area contributed by atoms with Crippen LogP contribution in [0.2, 0.25) is 10.0 Å². The van der Waals surface area contributed by atoms with Gasteiger partial charge in [-0.25, -0.2) is 0 Å². The van der Waals surface area contributed by atoms with Gasteiger partial charge in [-0.2, -0.15) is 0 Å². The predicted molar refractivity (Wildman–Crippen MR) is 75.8 cm³/mol. The van der Waals surface area contributed by atoms with Gasteiger partial charge in [0.25, 0.3) is 5.91 Å². The molecule has 0 aliphatic heterocycles. The molecular formula is C13H17Cl2NO3. The Morgan fingerprint density at radius 1 is 1.37 bits per heavy atom. The fraction of sp³-hybridized carbons (Fsp3) is 0.462. The Hall–Kier alpha value is -0.970. The second-order valence-corrected chi connectivity index (χ2v) is 5.28. The van der Waals surface area contributed by atoms with Crippen molar-refractivity contribution in [2.45, 2.75) is 19.9 Å². The van der Waals surface area contributed by atoms with Crippen molar-refractivity contribution in [2.24, 2.45) is 5.92 Å². The molecule has 0 saturated carbocycles. The molecule has 0 aliphatic carbocycles. The molecule has 0 fully saturated rings. The first-order valence-corrected chi connectivity index (χ1v) is 6.67. The molecule has 1 aromatic carbocycles. The van der Waals surface area contributed by atoms with Gasteiger partial charge in [0.2, 0.25) is 0 Å². The Morgan fingerprint density at radius 2 is 2.05 bits per heavy atom.